The number of nitrogens with zero attached hydrogens (tertiary/aromatic N) is 2. The number of benzene rings is 2. The first-order chi connectivity index (χ1) is 12.6. The Morgan fingerprint density at radius 3 is 2.69 bits per heavy atom. The van der Waals surface area contributed by atoms with Crippen LogP contribution in [0.4, 0.5) is 0 Å². The number of fused-ring (bicyclic) bond motifs is 2. The molecule has 26 heavy (non-hydrogen) atoms. The van der Waals surface area contributed by atoms with E-state index < -0.39 is 11.6 Å². The molecule has 6 nitrogen and oxygen atoms in total. The van der Waals surface area contributed by atoms with Crippen molar-refractivity contribution in [1.29, 1.82) is 0 Å². The van der Waals surface area contributed by atoms with Crippen molar-refractivity contribution in [3.05, 3.63) is 80.9 Å². The number of halogens is 1. The second kappa shape index (κ2) is 6.68. The van der Waals surface area contributed by atoms with Crippen molar-refractivity contribution in [2.24, 2.45) is 0 Å². The van der Waals surface area contributed by atoms with Crippen LogP contribution in [0.25, 0.3) is 22.0 Å². The minimum Gasteiger partial charge on any atom is -0.457 e. The van der Waals surface area contributed by atoms with Gasteiger partial charge in [0, 0.05) is 33.9 Å². The molecule has 2 heterocycles. The molecule has 0 atom stereocenters. The van der Waals surface area contributed by atoms with E-state index in [9.17, 15) is 9.59 Å². The molecule has 0 saturated carbocycles. The summed E-state index contributed by atoms with van der Waals surface area (Å²) in [5.41, 5.74) is 2.19. The van der Waals surface area contributed by atoms with Crippen molar-refractivity contribution in [2.75, 3.05) is 0 Å². The van der Waals surface area contributed by atoms with Crippen LogP contribution in [-0.2, 0) is 11.3 Å². The van der Waals surface area contributed by atoms with Gasteiger partial charge in [0.15, 0.2) is 0 Å². The van der Waals surface area contributed by atoms with Gasteiger partial charge in [-0.25, -0.2) is 9.59 Å². The first-order valence-corrected chi connectivity index (χ1v) is 8.50. The Hall–Kier alpha value is -3.06. The van der Waals surface area contributed by atoms with Gasteiger partial charge in [0.25, 0.3) is 0 Å². The molecule has 2 aromatic heterocycles. The third-order valence-electron chi connectivity index (χ3n) is 3.86. The van der Waals surface area contributed by atoms with Crippen molar-refractivity contribution < 1.29 is 13.9 Å². The summed E-state index contributed by atoms with van der Waals surface area (Å²) in [6, 6.07) is 11.6. The lowest BCUT2D eigenvalue weighted by atomic mass is 10.1. The molecule has 0 N–H and O–H groups in total. The maximum absolute atomic E-state index is 12.4. The van der Waals surface area contributed by atoms with Crippen LogP contribution >= 0.6 is 15.9 Å². The van der Waals surface area contributed by atoms with Gasteiger partial charge in [-0.3, -0.25) is 9.97 Å². The van der Waals surface area contributed by atoms with Crippen molar-refractivity contribution in [1.82, 2.24) is 9.97 Å². The Morgan fingerprint density at radius 1 is 1.04 bits per heavy atom. The monoisotopic (exact) mass is 410 g/mol. The molecule has 0 radical (unpaired) electrons. The number of rotatable bonds is 3. The maximum Gasteiger partial charge on any atom is 0.338 e. The third kappa shape index (κ3) is 3.21. The van der Waals surface area contributed by atoms with Crippen molar-refractivity contribution in [3.8, 4) is 0 Å². The molecule has 4 rings (SSSR count). The second-order valence-corrected chi connectivity index (χ2v) is 6.48. The van der Waals surface area contributed by atoms with E-state index in [1.807, 2.05) is 6.07 Å². The number of aromatic nitrogens is 2. The van der Waals surface area contributed by atoms with Crippen LogP contribution in [0.15, 0.2) is 68.5 Å². The van der Waals surface area contributed by atoms with Gasteiger partial charge in [0.1, 0.15) is 12.2 Å². The zero-order valence-electron chi connectivity index (χ0n) is 13.3. The van der Waals surface area contributed by atoms with E-state index in [2.05, 4.69) is 25.9 Å². The van der Waals surface area contributed by atoms with Crippen molar-refractivity contribution in [2.45, 2.75) is 6.61 Å². The van der Waals surface area contributed by atoms with E-state index in [0.717, 1.165) is 4.47 Å². The summed E-state index contributed by atoms with van der Waals surface area (Å²) >= 11 is 3.34. The first kappa shape index (κ1) is 16.4. The fourth-order valence-corrected chi connectivity index (χ4v) is 2.98. The lowest BCUT2D eigenvalue weighted by Crippen LogP contribution is -2.08. The average molecular weight is 411 g/mol. The van der Waals surface area contributed by atoms with E-state index in [1.165, 1.54) is 6.07 Å². The van der Waals surface area contributed by atoms with Gasteiger partial charge in [-0.15, -0.1) is 0 Å². The number of esters is 1. The quantitative estimate of drug-likeness (QED) is 0.376. The lowest BCUT2D eigenvalue weighted by molar-refractivity contribution is 0.0474. The zero-order valence-corrected chi connectivity index (χ0v) is 14.9. The summed E-state index contributed by atoms with van der Waals surface area (Å²) in [5, 5.41) is 0.713. The van der Waals surface area contributed by atoms with E-state index in [1.54, 1.807) is 42.7 Å². The summed E-state index contributed by atoms with van der Waals surface area (Å²) in [6.45, 7) is -0.0406. The summed E-state index contributed by atoms with van der Waals surface area (Å²) in [5.74, 6) is -0.504. The highest BCUT2D eigenvalue weighted by Gasteiger charge is 2.12. The van der Waals surface area contributed by atoms with Crippen LogP contribution in [0.5, 0.6) is 0 Å². The van der Waals surface area contributed by atoms with E-state index in [0.29, 0.717) is 33.1 Å². The predicted molar refractivity (Wildman–Crippen MR) is 98.8 cm³/mol. The number of carbonyl (C=O) groups is 1. The Labute approximate surface area is 155 Å². The summed E-state index contributed by atoms with van der Waals surface area (Å²) in [4.78, 5) is 32.4. The summed E-state index contributed by atoms with van der Waals surface area (Å²) < 4.78 is 11.3. The Kier molecular flexibility index (Phi) is 4.22. The van der Waals surface area contributed by atoms with Gasteiger partial charge >= 0.3 is 11.6 Å². The number of hydrogen-bond donors (Lipinski definition) is 0. The number of carbonyl (C=O) groups excluding carboxylic acids is 1. The van der Waals surface area contributed by atoms with Crippen molar-refractivity contribution in [3.63, 3.8) is 0 Å². The lowest BCUT2D eigenvalue weighted by Gasteiger charge is -2.08. The molecular formula is C19H11BrN2O4. The molecule has 7 heteroatoms. The normalized spacial score (nSPS) is 11.0. The highest BCUT2D eigenvalue weighted by atomic mass is 79.9. The SMILES string of the molecule is O=C(OCc1cc(=O)oc2cc(Br)ccc12)c1ccc2nccnc2c1. The van der Waals surface area contributed by atoms with Crippen LogP contribution in [0, 0.1) is 0 Å². The standard InChI is InChI=1S/C19H11BrN2O4/c20-13-2-3-14-12(8-18(23)26-17(14)9-13)10-25-19(24)11-1-4-15-16(7-11)22-6-5-21-15/h1-9H,10H2. The Bertz CT molecular complexity index is 1200. The molecule has 0 spiro atoms. The smallest absolute Gasteiger partial charge is 0.338 e. The molecule has 128 valence electrons. The van der Waals surface area contributed by atoms with Gasteiger partial charge in [-0.1, -0.05) is 15.9 Å². The van der Waals surface area contributed by atoms with Gasteiger partial charge in [0.05, 0.1) is 16.6 Å². The minimum atomic E-state index is -0.504. The maximum atomic E-state index is 12.4. The van der Waals surface area contributed by atoms with Crippen LogP contribution in [0.1, 0.15) is 15.9 Å². The van der Waals surface area contributed by atoms with Gasteiger partial charge < -0.3 is 9.15 Å². The van der Waals surface area contributed by atoms with Gasteiger partial charge in [-0.2, -0.15) is 0 Å². The predicted octanol–water partition coefficient (Wildman–Crippen LogP) is 3.86. The van der Waals surface area contributed by atoms with Crippen LogP contribution in [0.2, 0.25) is 0 Å². The third-order valence-corrected chi connectivity index (χ3v) is 4.35. The molecule has 0 aliphatic rings. The fraction of sp³-hybridized carbons (Fsp3) is 0.0526. The number of ether oxygens (including phenoxy) is 1. The average Bonchev–Trinajstić information content (AvgIpc) is 2.65. The molecule has 0 aliphatic carbocycles. The summed E-state index contributed by atoms with van der Waals surface area (Å²) in [6.07, 6.45) is 3.15. The van der Waals surface area contributed by atoms with Crippen LogP contribution in [0.3, 0.4) is 0 Å². The van der Waals surface area contributed by atoms with Crippen molar-refractivity contribution >= 4 is 43.9 Å². The van der Waals surface area contributed by atoms with Crippen LogP contribution < -0.4 is 5.63 Å². The van der Waals surface area contributed by atoms with Gasteiger partial charge in [0.2, 0.25) is 0 Å². The molecule has 0 bridgehead atoms. The Morgan fingerprint density at radius 2 is 1.85 bits per heavy atom. The highest BCUT2D eigenvalue weighted by molar-refractivity contribution is 9.10. The molecule has 0 saturated heterocycles. The largest absolute Gasteiger partial charge is 0.457 e. The van der Waals surface area contributed by atoms with Gasteiger partial charge in [-0.05, 0) is 36.4 Å². The highest BCUT2D eigenvalue weighted by Crippen LogP contribution is 2.22. The molecule has 0 amide bonds. The number of hydrogen-bond acceptors (Lipinski definition) is 6. The molecule has 0 fully saturated rings. The topological polar surface area (TPSA) is 82.3 Å². The zero-order chi connectivity index (χ0) is 18.1. The molecule has 0 unspecified atom stereocenters. The van der Waals surface area contributed by atoms with E-state index in [4.69, 9.17) is 9.15 Å². The molecule has 4 aromatic rings. The van der Waals surface area contributed by atoms with E-state index in [-0.39, 0.29) is 6.61 Å². The first-order valence-electron chi connectivity index (χ1n) is 7.70. The summed E-state index contributed by atoms with van der Waals surface area (Å²) in [7, 11) is 0. The van der Waals surface area contributed by atoms with Crippen LogP contribution in [-0.4, -0.2) is 15.9 Å². The minimum absolute atomic E-state index is 0.0406. The molecule has 0 aliphatic heterocycles. The second-order valence-electron chi connectivity index (χ2n) is 5.57. The Balaban J connectivity index is 1.61. The fourth-order valence-electron chi connectivity index (χ4n) is 2.64. The van der Waals surface area contributed by atoms with E-state index >= 15 is 0 Å². The molecule has 2 aromatic carbocycles. The molecular weight excluding hydrogens is 400 g/mol.